The number of aromatic amines is 1. The summed E-state index contributed by atoms with van der Waals surface area (Å²) >= 11 is 0. The van der Waals surface area contributed by atoms with Gasteiger partial charge in [0.15, 0.2) is 0 Å². The minimum atomic E-state index is -0.0153. The molecule has 2 rings (SSSR count). The molecule has 2 N–H and O–H groups in total. The van der Waals surface area contributed by atoms with E-state index >= 15 is 0 Å². The number of aromatic nitrogens is 2. The van der Waals surface area contributed by atoms with E-state index in [1.54, 1.807) is 6.20 Å². The Hall–Kier alpha value is -1.84. The van der Waals surface area contributed by atoms with E-state index in [4.69, 9.17) is 0 Å². The van der Waals surface area contributed by atoms with Crippen LogP contribution in [0.1, 0.15) is 43.0 Å². The predicted octanol–water partition coefficient (Wildman–Crippen LogP) is 2.87. The molecule has 4 heteroatoms. The lowest BCUT2D eigenvalue weighted by Crippen LogP contribution is -2.24. The molecule has 0 saturated carbocycles. The van der Waals surface area contributed by atoms with Gasteiger partial charge in [-0.05, 0) is 18.6 Å². The van der Waals surface area contributed by atoms with E-state index < -0.39 is 0 Å². The van der Waals surface area contributed by atoms with Crippen LogP contribution in [0.2, 0.25) is 0 Å². The summed E-state index contributed by atoms with van der Waals surface area (Å²) in [6, 6.07) is 5.62. The first-order valence-electron chi connectivity index (χ1n) is 6.53. The second-order valence-corrected chi connectivity index (χ2v) is 4.45. The summed E-state index contributed by atoms with van der Waals surface area (Å²) in [6.07, 6.45) is 6.35. The van der Waals surface area contributed by atoms with Crippen LogP contribution in [0.15, 0.2) is 24.4 Å². The lowest BCUT2D eigenvalue weighted by molar-refractivity contribution is 0.0954. The van der Waals surface area contributed by atoms with Crippen molar-refractivity contribution in [2.24, 2.45) is 0 Å². The molecule has 0 bridgehead atoms. The molecule has 4 nitrogen and oxygen atoms in total. The zero-order valence-electron chi connectivity index (χ0n) is 10.7. The summed E-state index contributed by atoms with van der Waals surface area (Å²) < 4.78 is 0. The van der Waals surface area contributed by atoms with Gasteiger partial charge in [0.25, 0.3) is 5.91 Å². The molecular formula is C14H19N3O. The Bertz CT molecular complexity index is 518. The van der Waals surface area contributed by atoms with E-state index in [0.717, 1.165) is 23.9 Å². The monoisotopic (exact) mass is 245 g/mol. The number of H-pyrrole nitrogens is 1. The quantitative estimate of drug-likeness (QED) is 0.769. The normalized spacial score (nSPS) is 10.7. The standard InChI is InChI=1S/C14H19N3O/c1-2-3-4-5-9-15-14(18)11-7-6-8-13-12(11)10-16-17-13/h6-8,10H,2-5,9H2,1H3,(H,15,18)(H,16,17). The van der Waals surface area contributed by atoms with Crippen LogP contribution >= 0.6 is 0 Å². The van der Waals surface area contributed by atoms with Gasteiger partial charge >= 0.3 is 0 Å². The third-order valence-electron chi connectivity index (χ3n) is 3.05. The summed E-state index contributed by atoms with van der Waals surface area (Å²) in [5.41, 5.74) is 1.59. The van der Waals surface area contributed by atoms with E-state index in [-0.39, 0.29) is 5.91 Å². The first-order valence-corrected chi connectivity index (χ1v) is 6.53. The SMILES string of the molecule is CCCCCCNC(=O)c1cccc2[nH]ncc12. The van der Waals surface area contributed by atoms with E-state index in [2.05, 4.69) is 22.4 Å². The smallest absolute Gasteiger partial charge is 0.252 e. The second kappa shape index (κ2) is 6.19. The van der Waals surface area contributed by atoms with Gasteiger partial charge < -0.3 is 5.32 Å². The summed E-state index contributed by atoms with van der Waals surface area (Å²) in [5, 5.41) is 10.7. The molecule has 0 aliphatic carbocycles. The third-order valence-corrected chi connectivity index (χ3v) is 3.05. The van der Waals surface area contributed by atoms with Gasteiger partial charge in [0.2, 0.25) is 0 Å². The molecule has 1 aromatic heterocycles. The number of nitrogens with zero attached hydrogens (tertiary/aromatic N) is 1. The molecule has 0 unspecified atom stereocenters. The summed E-state index contributed by atoms with van der Waals surface area (Å²) in [7, 11) is 0. The number of nitrogens with one attached hydrogen (secondary N) is 2. The number of hydrogen-bond donors (Lipinski definition) is 2. The van der Waals surface area contributed by atoms with E-state index in [1.165, 1.54) is 19.3 Å². The predicted molar refractivity (Wildman–Crippen MR) is 72.6 cm³/mol. The fourth-order valence-electron chi connectivity index (χ4n) is 2.02. The fourth-order valence-corrected chi connectivity index (χ4v) is 2.02. The summed E-state index contributed by atoms with van der Waals surface area (Å²) in [6.45, 7) is 2.92. The Morgan fingerprint density at radius 2 is 2.22 bits per heavy atom. The van der Waals surface area contributed by atoms with Crippen molar-refractivity contribution in [3.63, 3.8) is 0 Å². The van der Waals surface area contributed by atoms with Crippen LogP contribution in [0.3, 0.4) is 0 Å². The molecule has 0 saturated heterocycles. The van der Waals surface area contributed by atoms with E-state index in [1.807, 2.05) is 18.2 Å². The van der Waals surface area contributed by atoms with Crippen molar-refractivity contribution in [3.05, 3.63) is 30.0 Å². The number of hydrogen-bond acceptors (Lipinski definition) is 2. The Morgan fingerprint density at radius 3 is 3.06 bits per heavy atom. The Kier molecular flexibility index (Phi) is 4.34. The van der Waals surface area contributed by atoms with Crippen LogP contribution < -0.4 is 5.32 Å². The van der Waals surface area contributed by atoms with Crippen LogP contribution in [-0.4, -0.2) is 22.6 Å². The highest BCUT2D eigenvalue weighted by Gasteiger charge is 2.09. The van der Waals surface area contributed by atoms with Crippen LogP contribution in [-0.2, 0) is 0 Å². The van der Waals surface area contributed by atoms with Crippen molar-refractivity contribution >= 4 is 16.8 Å². The maximum atomic E-state index is 12.0. The van der Waals surface area contributed by atoms with Gasteiger partial charge in [-0.1, -0.05) is 32.3 Å². The Labute approximate surface area is 107 Å². The molecule has 0 aliphatic heterocycles. The van der Waals surface area contributed by atoms with Crippen molar-refractivity contribution in [1.29, 1.82) is 0 Å². The molecule has 1 aromatic carbocycles. The molecule has 0 spiro atoms. The number of carbonyl (C=O) groups is 1. The minimum Gasteiger partial charge on any atom is -0.352 e. The molecule has 1 heterocycles. The maximum Gasteiger partial charge on any atom is 0.252 e. The lowest BCUT2D eigenvalue weighted by atomic mass is 10.1. The van der Waals surface area contributed by atoms with Crippen LogP contribution in [0, 0.1) is 0 Å². The van der Waals surface area contributed by atoms with Crippen molar-refractivity contribution in [3.8, 4) is 0 Å². The lowest BCUT2D eigenvalue weighted by Gasteiger charge is -2.05. The first-order chi connectivity index (χ1) is 8.83. The van der Waals surface area contributed by atoms with Gasteiger partial charge in [-0.2, -0.15) is 5.10 Å². The third kappa shape index (κ3) is 2.88. The maximum absolute atomic E-state index is 12.0. The van der Waals surface area contributed by atoms with Gasteiger partial charge in [0.1, 0.15) is 0 Å². The number of fused-ring (bicyclic) bond motifs is 1. The van der Waals surface area contributed by atoms with Gasteiger partial charge in [-0.15, -0.1) is 0 Å². The highest BCUT2D eigenvalue weighted by atomic mass is 16.1. The van der Waals surface area contributed by atoms with Crippen LogP contribution in [0.4, 0.5) is 0 Å². The second-order valence-electron chi connectivity index (χ2n) is 4.45. The fraction of sp³-hybridized carbons (Fsp3) is 0.429. The van der Waals surface area contributed by atoms with Crippen LogP contribution in [0.5, 0.6) is 0 Å². The molecule has 1 amide bonds. The zero-order chi connectivity index (χ0) is 12.8. The summed E-state index contributed by atoms with van der Waals surface area (Å²) in [4.78, 5) is 12.0. The van der Waals surface area contributed by atoms with Crippen molar-refractivity contribution in [2.45, 2.75) is 32.6 Å². The van der Waals surface area contributed by atoms with E-state index in [9.17, 15) is 4.79 Å². The highest BCUT2D eigenvalue weighted by molar-refractivity contribution is 6.05. The molecule has 0 radical (unpaired) electrons. The molecule has 0 aliphatic rings. The van der Waals surface area contributed by atoms with Crippen molar-refractivity contribution < 1.29 is 4.79 Å². The number of benzene rings is 1. The molecule has 0 fully saturated rings. The van der Waals surface area contributed by atoms with Gasteiger partial charge in [0.05, 0.1) is 17.3 Å². The molecule has 96 valence electrons. The molecule has 18 heavy (non-hydrogen) atoms. The number of amides is 1. The topological polar surface area (TPSA) is 57.8 Å². The van der Waals surface area contributed by atoms with Gasteiger partial charge in [-0.3, -0.25) is 9.89 Å². The Balaban J connectivity index is 1.94. The summed E-state index contributed by atoms with van der Waals surface area (Å²) in [5.74, 6) is -0.0153. The largest absolute Gasteiger partial charge is 0.352 e. The van der Waals surface area contributed by atoms with E-state index in [0.29, 0.717) is 5.56 Å². The average Bonchev–Trinajstić information content (AvgIpc) is 2.86. The van der Waals surface area contributed by atoms with Gasteiger partial charge in [-0.25, -0.2) is 0 Å². The highest BCUT2D eigenvalue weighted by Crippen LogP contribution is 2.15. The molecule has 2 aromatic rings. The van der Waals surface area contributed by atoms with Crippen molar-refractivity contribution in [1.82, 2.24) is 15.5 Å². The van der Waals surface area contributed by atoms with Crippen LogP contribution in [0.25, 0.3) is 10.9 Å². The van der Waals surface area contributed by atoms with Gasteiger partial charge in [0, 0.05) is 11.9 Å². The molecular weight excluding hydrogens is 226 g/mol. The van der Waals surface area contributed by atoms with Crippen molar-refractivity contribution in [2.75, 3.05) is 6.54 Å². The number of rotatable bonds is 6. The average molecular weight is 245 g/mol. The molecule has 0 atom stereocenters. The number of carbonyl (C=O) groups excluding carboxylic acids is 1. The first kappa shape index (κ1) is 12.6. The number of unbranched alkanes of at least 4 members (excludes halogenated alkanes) is 3. The Morgan fingerprint density at radius 1 is 1.33 bits per heavy atom. The zero-order valence-corrected chi connectivity index (χ0v) is 10.7. The minimum absolute atomic E-state index is 0.0153.